The summed E-state index contributed by atoms with van der Waals surface area (Å²) in [6, 6.07) is 6.36. The van der Waals surface area contributed by atoms with E-state index in [1.54, 1.807) is 31.2 Å². The highest BCUT2D eigenvalue weighted by Crippen LogP contribution is 2.17. The minimum Gasteiger partial charge on any atom is -0.395 e. The molecule has 0 aliphatic rings. The standard InChI is InChI=1S/C13H22N2O3S/c1-4-14-9-12-5-7-13(8-6-12)19(17,18)15(3)11(2)10-16/h5-8,11,14,16H,4,9-10H2,1-3H3. The lowest BCUT2D eigenvalue weighted by molar-refractivity contribution is 0.214. The molecule has 0 aromatic heterocycles. The van der Waals surface area contributed by atoms with E-state index in [0.717, 1.165) is 18.7 Å². The Labute approximate surface area is 115 Å². The minimum atomic E-state index is -3.53. The van der Waals surface area contributed by atoms with Crippen molar-refractivity contribution >= 4 is 10.0 Å². The summed E-state index contributed by atoms with van der Waals surface area (Å²) in [4.78, 5) is 0.246. The highest BCUT2D eigenvalue weighted by atomic mass is 32.2. The van der Waals surface area contributed by atoms with E-state index in [-0.39, 0.29) is 11.5 Å². The minimum absolute atomic E-state index is 0.200. The van der Waals surface area contributed by atoms with Crippen molar-refractivity contribution in [1.29, 1.82) is 0 Å². The van der Waals surface area contributed by atoms with Crippen LogP contribution in [-0.4, -0.2) is 44.1 Å². The first kappa shape index (κ1) is 16.1. The fraction of sp³-hybridized carbons (Fsp3) is 0.538. The lowest BCUT2D eigenvalue weighted by Gasteiger charge is -2.22. The van der Waals surface area contributed by atoms with E-state index in [1.165, 1.54) is 11.4 Å². The van der Waals surface area contributed by atoms with Gasteiger partial charge in [-0.3, -0.25) is 0 Å². The second-order valence-corrected chi connectivity index (χ2v) is 6.47. The van der Waals surface area contributed by atoms with Crippen LogP contribution in [0.25, 0.3) is 0 Å². The molecule has 0 radical (unpaired) electrons. The maximum atomic E-state index is 12.3. The average Bonchev–Trinajstić information content (AvgIpc) is 2.43. The van der Waals surface area contributed by atoms with Crippen LogP contribution in [0.2, 0.25) is 0 Å². The van der Waals surface area contributed by atoms with Crippen LogP contribution in [0, 0.1) is 0 Å². The number of nitrogens with zero attached hydrogens (tertiary/aromatic N) is 1. The Bertz CT molecular complexity index is 485. The highest BCUT2D eigenvalue weighted by molar-refractivity contribution is 7.89. The third kappa shape index (κ3) is 4.01. The summed E-state index contributed by atoms with van der Waals surface area (Å²) in [5, 5.41) is 12.2. The number of sulfonamides is 1. The van der Waals surface area contributed by atoms with Crippen LogP contribution < -0.4 is 5.32 Å². The van der Waals surface area contributed by atoms with E-state index in [9.17, 15) is 8.42 Å². The summed E-state index contributed by atoms with van der Waals surface area (Å²) in [5.74, 6) is 0. The average molecular weight is 286 g/mol. The van der Waals surface area contributed by atoms with Crippen molar-refractivity contribution in [2.24, 2.45) is 0 Å². The summed E-state index contributed by atoms with van der Waals surface area (Å²) in [5.41, 5.74) is 1.04. The molecule has 1 aromatic rings. The van der Waals surface area contributed by atoms with Crippen molar-refractivity contribution in [1.82, 2.24) is 9.62 Å². The summed E-state index contributed by atoms with van der Waals surface area (Å²) in [6.07, 6.45) is 0. The Morgan fingerprint density at radius 3 is 2.37 bits per heavy atom. The number of hydrogen-bond acceptors (Lipinski definition) is 4. The second kappa shape index (κ2) is 7.00. The molecule has 6 heteroatoms. The molecule has 1 aromatic carbocycles. The van der Waals surface area contributed by atoms with E-state index in [2.05, 4.69) is 5.32 Å². The molecule has 0 bridgehead atoms. The Balaban J connectivity index is 2.90. The van der Waals surface area contributed by atoms with Gasteiger partial charge in [-0.15, -0.1) is 0 Å². The van der Waals surface area contributed by atoms with Gasteiger partial charge in [0.05, 0.1) is 11.5 Å². The van der Waals surface area contributed by atoms with Crippen LogP contribution in [0.1, 0.15) is 19.4 Å². The Morgan fingerprint density at radius 1 is 1.32 bits per heavy atom. The van der Waals surface area contributed by atoms with Crippen LogP contribution in [-0.2, 0) is 16.6 Å². The molecule has 0 aliphatic carbocycles. The maximum absolute atomic E-state index is 12.3. The van der Waals surface area contributed by atoms with Gasteiger partial charge in [0.1, 0.15) is 0 Å². The molecule has 2 N–H and O–H groups in total. The lowest BCUT2D eigenvalue weighted by Crippen LogP contribution is -2.37. The molecule has 0 amide bonds. The van der Waals surface area contributed by atoms with Crippen molar-refractivity contribution in [2.45, 2.75) is 31.3 Å². The number of nitrogens with one attached hydrogen (secondary N) is 1. The zero-order chi connectivity index (χ0) is 14.5. The molecule has 0 saturated heterocycles. The zero-order valence-electron chi connectivity index (χ0n) is 11.6. The topological polar surface area (TPSA) is 69.6 Å². The van der Waals surface area contributed by atoms with Gasteiger partial charge in [0, 0.05) is 19.6 Å². The molecule has 0 saturated carbocycles. The number of benzene rings is 1. The fourth-order valence-electron chi connectivity index (χ4n) is 1.57. The largest absolute Gasteiger partial charge is 0.395 e. The van der Waals surface area contributed by atoms with E-state index in [1.807, 2.05) is 6.92 Å². The van der Waals surface area contributed by atoms with Gasteiger partial charge in [-0.25, -0.2) is 8.42 Å². The van der Waals surface area contributed by atoms with Crippen molar-refractivity contribution < 1.29 is 13.5 Å². The quantitative estimate of drug-likeness (QED) is 0.778. The summed E-state index contributed by atoms with van der Waals surface area (Å²) in [6.45, 7) is 5.08. The Hall–Kier alpha value is -0.950. The van der Waals surface area contributed by atoms with Crippen LogP contribution in [0.4, 0.5) is 0 Å². The summed E-state index contributed by atoms with van der Waals surface area (Å²) < 4.78 is 25.7. The van der Waals surface area contributed by atoms with Crippen LogP contribution in [0.3, 0.4) is 0 Å². The van der Waals surface area contributed by atoms with Gasteiger partial charge in [-0.2, -0.15) is 4.31 Å². The highest BCUT2D eigenvalue weighted by Gasteiger charge is 2.24. The predicted molar refractivity (Wildman–Crippen MR) is 75.3 cm³/mol. The zero-order valence-corrected chi connectivity index (χ0v) is 12.4. The molecule has 1 rings (SSSR count). The summed E-state index contributed by atoms with van der Waals surface area (Å²) in [7, 11) is -2.06. The van der Waals surface area contributed by atoms with Crippen molar-refractivity contribution in [3.05, 3.63) is 29.8 Å². The van der Waals surface area contributed by atoms with Crippen molar-refractivity contribution in [3.8, 4) is 0 Å². The van der Waals surface area contributed by atoms with E-state index >= 15 is 0 Å². The normalized spacial score (nSPS) is 13.7. The van der Waals surface area contributed by atoms with Crippen molar-refractivity contribution in [3.63, 3.8) is 0 Å². The van der Waals surface area contributed by atoms with Gasteiger partial charge in [-0.1, -0.05) is 19.1 Å². The second-order valence-electron chi connectivity index (χ2n) is 4.48. The smallest absolute Gasteiger partial charge is 0.243 e. The molecular formula is C13H22N2O3S. The monoisotopic (exact) mass is 286 g/mol. The summed E-state index contributed by atoms with van der Waals surface area (Å²) >= 11 is 0. The fourth-order valence-corrected chi connectivity index (χ4v) is 2.92. The lowest BCUT2D eigenvalue weighted by atomic mass is 10.2. The van der Waals surface area contributed by atoms with E-state index in [0.29, 0.717) is 0 Å². The number of aliphatic hydroxyl groups is 1. The molecule has 5 nitrogen and oxygen atoms in total. The number of rotatable bonds is 7. The third-order valence-corrected chi connectivity index (χ3v) is 5.05. The third-order valence-electron chi connectivity index (χ3n) is 3.06. The molecule has 0 heterocycles. The van der Waals surface area contributed by atoms with Gasteiger partial charge in [0.2, 0.25) is 10.0 Å². The molecular weight excluding hydrogens is 264 g/mol. The SMILES string of the molecule is CCNCc1ccc(S(=O)(=O)N(C)C(C)CO)cc1. The van der Waals surface area contributed by atoms with Gasteiger partial charge in [-0.05, 0) is 31.2 Å². The molecule has 0 aliphatic heterocycles. The molecule has 1 unspecified atom stereocenters. The van der Waals surface area contributed by atoms with Crippen molar-refractivity contribution in [2.75, 3.05) is 20.2 Å². The molecule has 1 atom stereocenters. The van der Waals surface area contributed by atoms with Crippen LogP contribution in [0.5, 0.6) is 0 Å². The van der Waals surface area contributed by atoms with E-state index < -0.39 is 16.1 Å². The number of hydrogen-bond donors (Lipinski definition) is 2. The maximum Gasteiger partial charge on any atom is 0.243 e. The van der Waals surface area contributed by atoms with Gasteiger partial charge >= 0.3 is 0 Å². The first-order valence-corrected chi connectivity index (χ1v) is 7.76. The number of likely N-dealkylation sites (N-methyl/N-ethyl adjacent to an activating group) is 1. The first-order valence-electron chi connectivity index (χ1n) is 6.32. The number of aliphatic hydroxyl groups excluding tert-OH is 1. The predicted octanol–water partition coefficient (Wildman–Crippen LogP) is 0.797. The molecule has 19 heavy (non-hydrogen) atoms. The Kier molecular flexibility index (Phi) is 5.93. The van der Waals surface area contributed by atoms with Gasteiger partial charge < -0.3 is 10.4 Å². The Morgan fingerprint density at radius 2 is 1.89 bits per heavy atom. The molecule has 0 spiro atoms. The first-order chi connectivity index (χ1) is 8.93. The van der Waals surface area contributed by atoms with E-state index in [4.69, 9.17) is 5.11 Å². The van der Waals surface area contributed by atoms with Gasteiger partial charge in [0.25, 0.3) is 0 Å². The molecule has 0 fully saturated rings. The van der Waals surface area contributed by atoms with Gasteiger partial charge in [0.15, 0.2) is 0 Å². The van der Waals surface area contributed by atoms with Crippen LogP contribution >= 0.6 is 0 Å². The van der Waals surface area contributed by atoms with Crippen LogP contribution in [0.15, 0.2) is 29.2 Å². The molecule has 108 valence electrons.